The summed E-state index contributed by atoms with van der Waals surface area (Å²) in [6.07, 6.45) is -1.52. The molecule has 0 aromatic heterocycles. The molecule has 1 atom stereocenters. The predicted molar refractivity (Wildman–Crippen MR) is 33.5 cm³/mol. The Labute approximate surface area is 89.6 Å². The summed E-state index contributed by atoms with van der Waals surface area (Å²) in [6.45, 7) is 3.01. The van der Waals surface area contributed by atoms with Gasteiger partial charge in [0, 0.05) is 32.7 Å². The van der Waals surface area contributed by atoms with Crippen LogP contribution in [0.5, 0.6) is 0 Å². The summed E-state index contributed by atoms with van der Waals surface area (Å²) in [5, 5.41) is 12.3. The van der Waals surface area contributed by atoms with Gasteiger partial charge in [0.05, 0.1) is 5.91 Å². The van der Waals surface area contributed by atoms with Crippen LogP contribution < -0.4 is 0 Å². The van der Waals surface area contributed by atoms with Gasteiger partial charge in [-0.25, -0.2) is 0 Å². The first-order chi connectivity index (χ1) is 4.45. The maximum absolute atomic E-state index is 10.9. The van der Waals surface area contributed by atoms with E-state index in [9.17, 15) is 9.59 Å². The fourth-order valence-corrected chi connectivity index (χ4v) is 0.838. The molecule has 59 valence electrons. The van der Waals surface area contributed by atoms with E-state index in [0.717, 1.165) is 0 Å². The van der Waals surface area contributed by atoms with Crippen LogP contribution in [0.4, 0.5) is 0 Å². The molecule has 0 saturated carbocycles. The third-order valence-electron chi connectivity index (χ3n) is 1.47. The van der Waals surface area contributed by atoms with E-state index < -0.39 is 23.3 Å². The topological polar surface area (TPSA) is 68.5 Å². The first-order valence-corrected chi connectivity index (χ1v) is 2.94. The van der Waals surface area contributed by atoms with Crippen molar-refractivity contribution in [1.82, 2.24) is 0 Å². The van der Waals surface area contributed by atoms with Gasteiger partial charge in [-0.05, 0) is 5.54 Å². The van der Waals surface area contributed by atoms with E-state index in [1.807, 2.05) is 0 Å². The van der Waals surface area contributed by atoms with E-state index in [4.69, 9.17) is 5.11 Å². The molecule has 4 nitrogen and oxygen atoms in total. The zero-order chi connectivity index (χ0) is 7.94. The van der Waals surface area contributed by atoms with Crippen molar-refractivity contribution in [2.45, 2.75) is 25.5 Å². The van der Waals surface area contributed by atoms with E-state index in [1.165, 1.54) is 13.8 Å². The number of aliphatic hydroxyl groups is 1. The van der Waals surface area contributed by atoms with E-state index in [-0.39, 0.29) is 32.7 Å². The average Bonchev–Trinajstić information content (AvgIpc) is 1.95. The van der Waals surface area contributed by atoms with Gasteiger partial charge >= 0.3 is 0 Å². The van der Waals surface area contributed by atoms with Gasteiger partial charge in [-0.3, -0.25) is 4.79 Å². The van der Waals surface area contributed by atoms with Gasteiger partial charge in [0.25, 0.3) is 0 Å². The van der Waals surface area contributed by atoms with Crippen LogP contribution >= 0.6 is 0 Å². The van der Waals surface area contributed by atoms with Gasteiger partial charge in [0.2, 0.25) is 0 Å². The van der Waals surface area contributed by atoms with E-state index in [2.05, 4.69) is 5.32 Å². The standard InChI is InChI=1S/C6H9NO3.Y/c1-6(2)4(9)3(8)5(10)7-6;/h3,8H,1-2H3,(H,7,10);/p-1. The van der Waals surface area contributed by atoms with E-state index in [0.29, 0.717) is 0 Å². The van der Waals surface area contributed by atoms with Crippen molar-refractivity contribution < 1.29 is 47.4 Å². The number of aliphatic hydroxyl groups excluding tert-OH is 1. The van der Waals surface area contributed by atoms with Crippen LogP contribution in [0.2, 0.25) is 0 Å². The Morgan fingerprint density at radius 2 is 1.91 bits per heavy atom. The largest absolute Gasteiger partial charge is 0.640 e. The normalized spacial score (nSPS) is 27.7. The number of carbonyl (C=O) groups is 2. The number of rotatable bonds is 0. The SMILES string of the molecule is CC1(C)[N-]C(=O)C(O)C1=O.[Y]. The number of amides is 1. The zero-order valence-corrected chi connectivity index (χ0v) is 9.20. The molecule has 1 N–H and O–H groups in total. The predicted octanol–water partition coefficient (Wildman–Crippen LogP) is -0.394. The third kappa shape index (κ3) is 1.86. The fraction of sp³-hybridized carbons (Fsp3) is 0.667. The molecule has 0 bridgehead atoms. The van der Waals surface area contributed by atoms with Gasteiger partial charge in [0.1, 0.15) is 0 Å². The quantitative estimate of drug-likeness (QED) is 0.577. The van der Waals surface area contributed by atoms with Crippen LogP contribution in [-0.4, -0.2) is 28.4 Å². The molecule has 1 radical (unpaired) electrons. The van der Waals surface area contributed by atoms with Gasteiger partial charge in [0.15, 0.2) is 11.9 Å². The Kier molecular flexibility index (Phi) is 3.35. The van der Waals surface area contributed by atoms with Crippen molar-refractivity contribution in [3.8, 4) is 0 Å². The molecule has 0 aromatic rings. The Morgan fingerprint density at radius 1 is 1.45 bits per heavy atom. The molecule has 1 aliphatic rings. The first-order valence-electron chi connectivity index (χ1n) is 2.94. The number of nitrogens with zero attached hydrogens (tertiary/aromatic N) is 1. The second kappa shape index (κ2) is 3.29. The maximum atomic E-state index is 10.9. The van der Waals surface area contributed by atoms with Gasteiger partial charge in [-0.15, -0.1) is 0 Å². The molecule has 0 aliphatic carbocycles. The molecule has 1 saturated heterocycles. The summed E-state index contributed by atoms with van der Waals surface area (Å²) in [6, 6.07) is 0. The first kappa shape index (κ1) is 11.2. The second-order valence-corrected chi connectivity index (χ2v) is 2.78. The molecule has 1 heterocycles. The number of ketones is 1. The summed E-state index contributed by atoms with van der Waals surface area (Å²) < 4.78 is 0. The van der Waals surface area contributed by atoms with Crippen LogP contribution in [0.3, 0.4) is 0 Å². The molecule has 1 rings (SSSR count). The van der Waals surface area contributed by atoms with Crippen molar-refractivity contribution in [3.05, 3.63) is 5.32 Å². The van der Waals surface area contributed by atoms with Gasteiger partial charge in [-0.1, -0.05) is 13.8 Å². The van der Waals surface area contributed by atoms with Crippen LogP contribution in [0.25, 0.3) is 5.32 Å². The Bertz CT molecular complexity index is 202. The smallest absolute Gasteiger partial charge is 0.155 e. The molecular formula is C6H8NO3Y-. The van der Waals surface area contributed by atoms with Crippen molar-refractivity contribution >= 4 is 11.7 Å². The third-order valence-corrected chi connectivity index (χ3v) is 1.47. The summed E-state index contributed by atoms with van der Waals surface area (Å²) in [7, 11) is 0. The minimum Gasteiger partial charge on any atom is -0.640 e. The van der Waals surface area contributed by atoms with Crippen molar-refractivity contribution in [3.63, 3.8) is 0 Å². The second-order valence-electron chi connectivity index (χ2n) is 2.78. The van der Waals surface area contributed by atoms with Crippen molar-refractivity contribution in [1.29, 1.82) is 0 Å². The number of hydrogen-bond acceptors (Lipinski definition) is 3. The summed E-state index contributed by atoms with van der Waals surface area (Å²) in [5.74, 6) is -1.24. The van der Waals surface area contributed by atoms with Crippen LogP contribution in [0, 0.1) is 0 Å². The molecule has 1 aliphatic heterocycles. The Balaban J connectivity index is 0.000001000. The number of carbonyl (C=O) groups excluding carboxylic acids is 2. The fourth-order valence-electron chi connectivity index (χ4n) is 0.838. The minimum atomic E-state index is -1.52. The van der Waals surface area contributed by atoms with Gasteiger partial charge < -0.3 is 15.2 Å². The van der Waals surface area contributed by atoms with Crippen molar-refractivity contribution in [2.75, 3.05) is 0 Å². The van der Waals surface area contributed by atoms with Crippen LogP contribution in [0.1, 0.15) is 13.8 Å². The van der Waals surface area contributed by atoms with Crippen molar-refractivity contribution in [2.24, 2.45) is 0 Å². The number of Topliss-reactive ketones (excluding diaryl/α,β-unsaturated/α-hetero) is 1. The summed E-state index contributed by atoms with van der Waals surface area (Å²) in [4.78, 5) is 21.4. The monoisotopic (exact) mass is 231 g/mol. The Hall–Kier alpha value is 0.204. The van der Waals surface area contributed by atoms with E-state index in [1.54, 1.807) is 0 Å². The summed E-state index contributed by atoms with van der Waals surface area (Å²) in [5.41, 5.74) is -1.02. The summed E-state index contributed by atoms with van der Waals surface area (Å²) >= 11 is 0. The molecule has 11 heavy (non-hydrogen) atoms. The molecule has 1 amide bonds. The Morgan fingerprint density at radius 3 is 2.00 bits per heavy atom. The average molecular weight is 231 g/mol. The molecule has 1 fully saturated rings. The minimum absolute atomic E-state index is 0. The number of hydrogen-bond donors (Lipinski definition) is 1. The zero-order valence-electron chi connectivity index (χ0n) is 6.37. The van der Waals surface area contributed by atoms with E-state index >= 15 is 0 Å². The molecule has 0 spiro atoms. The van der Waals surface area contributed by atoms with Crippen LogP contribution in [-0.2, 0) is 42.3 Å². The molecule has 1 unspecified atom stereocenters. The molecule has 0 aromatic carbocycles. The molecule has 5 heteroatoms. The van der Waals surface area contributed by atoms with Gasteiger partial charge in [-0.2, -0.15) is 0 Å². The van der Waals surface area contributed by atoms with Crippen LogP contribution in [0.15, 0.2) is 0 Å². The maximum Gasteiger partial charge on any atom is 0.155 e. The molecular weight excluding hydrogens is 223 g/mol.